The number of hydrogen-bond donors (Lipinski definition) is 2. The molecule has 0 aliphatic carbocycles. The Hall–Kier alpha value is -2.41. The van der Waals surface area contributed by atoms with Crippen LogP contribution in [0.15, 0.2) is 46.6 Å². The molecule has 0 spiro atoms. The smallest absolute Gasteiger partial charge is 0.305 e. The van der Waals surface area contributed by atoms with Gasteiger partial charge in [0.25, 0.3) is 0 Å². The fourth-order valence-electron chi connectivity index (χ4n) is 1.59. The van der Waals surface area contributed by atoms with Crippen LogP contribution >= 0.6 is 11.8 Å². The minimum atomic E-state index is -1.02. The molecule has 1 amide bonds. The van der Waals surface area contributed by atoms with Gasteiger partial charge in [-0.05, 0) is 11.6 Å². The molecule has 1 fully saturated rings. The molecule has 1 heterocycles. The lowest BCUT2D eigenvalue weighted by Crippen LogP contribution is -2.26. The molecule has 7 heteroatoms. The molecule has 6 nitrogen and oxygen atoms in total. The number of hydrogen-bond acceptors (Lipinski definition) is 5. The maximum absolute atomic E-state index is 11.5. The van der Waals surface area contributed by atoms with Gasteiger partial charge in [-0.3, -0.25) is 9.59 Å². The molecule has 1 aliphatic rings. The number of aliphatic carboxylic acids is 1. The summed E-state index contributed by atoms with van der Waals surface area (Å²) in [5.41, 5.74) is 1.04. The summed E-state index contributed by atoms with van der Waals surface area (Å²) in [6, 6.07) is 9.72. The van der Waals surface area contributed by atoms with E-state index in [1.54, 1.807) is 6.08 Å². The number of carbonyl (C=O) groups is 2. The lowest BCUT2D eigenvalue weighted by atomic mass is 10.2. The maximum Gasteiger partial charge on any atom is 0.305 e. The first-order chi connectivity index (χ1) is 10.1. The quantitative estimate of drug-likeness (QED) is 0.640. The molecule has 0 bridgehead atoms. The van der Waals surface area contributed by atoms with Crippen LogP contribution in [0, 0.1) is 0 Å². The summed E-state index contributed by atoms with van der Waals surface area (Å²) in [7, 11) is 0. The van der Waals surface area contributed by atoms with Gasteiger partial charge < -0.3 is 10.4 Å². The second-order valence-electron chi connectivity index (χ2n) is 4.13. The Morgan fingerprint density at radius 2 is 2.14 bits per heavy atom. The summed E-state index contributed by atoms with van der Waals surface area (Å²) in [5.74, 6) is -1.37. The highest BCUT2D eigenvalue weighted by Crippen LogP contribution is 2.22. The summed E-state index contributed by atoms with van der Waals surface area (Å²) in [5, 5.41) is 18.5. The molecule has 2 N–H and O–H groups in total. The lowest BCUT2D eigenvalue weighted by Gasteiger charge is -1.97. The lowest BCUT2D eigenvalue weighted by molar-refractivity contribution is -0.138. The van der Waals surface area contributed by atoms with E-state index in [0.717, 1.165) is 17.3 Å². The Kier molecular flexibility index (Phi) is 5.28. The monoisotopic (exact) mass is 303 g/mol. The third kappa shape index (κ3) is 4.88. The SMILES string of the molecule is O=C(O)C[C@@H]1SC(=NN=C/C=C/c2ccccc2)NC1=O. The fraction of sp³-hybridized carbons (Fsp3) is 0.143. The summed E-state index contributed by atoms with van der Waals surface area (Å²) in [6.45, 7) is 0. The van der Waals surface area contributed by atoms with Crippen molar-refractivity contribution in [3.05, 3.63) is 42.0 Å². The highest BCUT2D eigenvalue weighted by atomic mass is 32.2. The average Bonchev–Trinajstić information content (AvgIpc) is 2.79. The number of carbonyl (C=O) groups excluding carboxylic acids is 1. The number of carboxylic acid groups (broad SMARTS) is 1. The molecule has 2 rings (SSSR count). The van der Waals surface area contributed by atoms with E-state index in [0.29, 0.717) is 5.17 Å². The van der Waals surface area contributed by atoms with Crippen LogP contribution in [0.3, 0.4) is 0 Å². The molecular weight excluding hydrogens is 290 g/mol. The third-order valence-corrected chi connectivity index (χ3v) is 3.60. The summed E-state index contributed by atoms with van der Waals surface area (Å²) in [4.78, 5) is 22.0. The van der Waals surface area contributed by atoms with Crippen molar-refractivity contribution in [2.45, 2.75) is 11.7 Å². The van der Waals surface area contributed by atoms with Gasteiger partial charge in [0.05, 0.1) is 6.42 Å². The Bertz CT molecular complexity index is 611. The fourth-order valence-corrected chi connectivity index (χ4v) is 2.50. The highest BCUT2D eigenvalue weighted by Gasteiger charge is 2.32. The minimum Gasteiger partial charge on any atom is -0.481 e. The van der Waals surface area contributed by atoms with Gasteiger partial charge in [-0.15, -0.1) is 5.10 Å². The molecule has 21 heavy (non-hydrogen) atoms. The molecule has 1 aliphatic heterocycles. The number of amidine groups is 1. The van der Waals surface area contributed by atoms with E-state index in [9.17, 15) is 9.59 Å². The second kappa shape index (κ2) is 7.39. The molecular formula is C14H13N3O3S. The van der Waals surface area contributed by atoms with Crippen LogP contribution in [0.2, 0.25) is 0 Å². The van der Waals surface area contributed by atoms with E-state index in [1.807, 2.05) is 36.4 Å². The second-order valence-corrected chi connectivity index (χ2v) is 5.32. The predicted molar refractivity (Wildman–Crippen MR) is 83.2 cm³/mol. The molecule has 0 unspecified atom stereocenters. The Morgan fingerprint density at radius 3 is 2.86 bits per heavy atom. The number of nitrogens with one attached hydrogen (secondary N) is 1. The molecule has 1 atom stereocenters. The number of carboxylic acids is 1. The Labute approximate surface area is 125 Å². The predicted octanol–water partition coefficient (Wildman–Crippen LogP) is 1.75. The largest absolute Gasteiger partial charge is 0.481 e. The van der Waals surface area contributed by atoms with E-state index in [4.69, 9.17) is 5.11 Å². The van der Waals surface area contributed by atoms with E-state index >= 15 is 0 Å². The highest BCUT2D eigenvalue weighted by molar-refractivity contribution is 8.15. The summed E-state index contributed by atoms with van der Waals surface area (Å²) in [6.07, 6.45) is 4.87. The van der Waals surface area contributed by atoms with Gasteiger partial charge in [-0.1, -0.05) is 48.2 Å². The van der Waals surface area contributed by atoms with E-state index in [2.05, 4.69) is 15.5 Å². The van der Waals surface area contributed by atoms with Crippen molar-refractivity contribution in [1.82, 2.24) is 5.32 Å². The van der Waals surface area contributed by atoms with Gasteiger partial charge in [-0.2, -0.15) is 5.10 Å². The standard InChI is InChI=1S/C14H13N3O3S/c18-12(19)9-11-13(20)16-14(21-11)17-15-8-4-7-10-5-2-1-3-6-10/h1-8,11H,9H2,(H,18,19)(H,16,17,20)/b7-4+,15-8?/t11-/m0/s1. The first-order valence-corrected chi connectivity index (χ1v) is 7.05. The van der Waals surface area contributed by atoms with E-state index in [1.165, 1.54) is 6.21 Å². The molecule has 0 aromatic heterocycles. The van der Waals surface area contributed by atoms with Crippen LogP contribution in [0.4, 0.5) is 0 Å². The molecule has 1 saturated heterocycles. The minimum absolute atomic E-state index is 0.229. The number of rotatable bonds is 5. The average molecular weight is 303 g/mol. The molecule has 1 aromatic rings. The zero-order valence-electron chi connectivity index (χ0n) is 11.0. The van der Waals surface area contributed by atoms with Gasteiger partial charge in [0.1, 0.15) is 5.25 Å². The molecule has 1 aromatic carbocycles. The first-order valence-electron chi connectivity index (χ1n) is 6.17. The van der Waals surface area contributed by atoms with Crippen molar-refractivity contribution in [3.8, 4) is 0 Å². The number of thioether (sulfide) groups is 1. The van der Waals surface area contributed by atoms with E-state index in [-0.39, 0.29) is 12.3 Å². The van der Waals surface area contributed by atoms with Gasteiger partial charge in [-0.25, -0.2) is 0 Å². The number of allylic oxidation sites excluding steroid dienone is 1. The number of benzene rings is 1. The van der Waals surface area contributed by atoms with Crippen molar-refractivity contribution in [2.75, 3.05) is 0 Å². The van der Waals surface area contributed by atoms with Crippen molar-refractivity contribution in [3.63, 3.8) is 0 Å². The topological polar surface area (TPSA) is 91.1 Å². The first kappa shape index (κ1) is 15.0. The van der Waals surface area contributed by atoms with Gasteiger partial charge in [0.15, 0.2) is 5.17 Å². The van der Waals surface area contributed by atoms with Crippen LogP contribution in [-0.2, 0) is 9.59 Å². The van der Waals surface area contributed by atoms with Crippen molar-refractivity contribution < 1.29 is 14.7 Å². The molecule has 108 valence electrons. The van der Waals surface area contributed by atoms with Crippen LogP contribution in [0.5, 0.6) is 0 Å². The Morgan fingerprint density at radius 1 is 1.38 bits per heavy atom. The summed E-state index contributed by atoms with van der Waals surface area (Å²) < 4.78 is 0. The van der Waals surface area contributed by atoms with E-state index < -0.39 is 11.2 Å². The number of amides is 1. The normalized spacial score (nSPS) is 20.5. The van der Waals surface area contributed by atoms with Crippen LogP contribution < -0.4 is 5.32 Å². The maximum atomic E-state index is 11.5. The molecule has 0 radical (unpaired) electrons. The van der Waals surface area contributed by atoms with Crippen molar-refractivity contribution >= 4 is 41.1 Å². The molecule has 0 saturated carbocycles. The summed E-state index contributed by atoms with van der Waals surface area (Å²) >= 11 is 1.07. The van der Waals surface area contributed by atoms with Crippen LogP contribution in [-0.4, -0.2) is 33.6 Å². The Balaban J connectivity index is 1.87. The van der Waals surface area contributed by atoms with Crippen molar-refractivity contribution in [1.29, 1.82) is 0 Å². The van der Waals surface area contributed by atoms with Gasteiger partial charge in [0.2, 0.25) is 5.91 Å². The third-order valence-electron chi connectivity index (χ3n) is 2.53. The number of nitrogens with zero attached hydrogens (tertiary/aromatic N) is 2. The van der Waals surface area contributed by atoms with Crippen LogP contribution in [0.25, 0.3) is 6.08 Å². The zero-order chi connectivity index (χ0) is 15.1. The van der Waals surface area contributed by atoms with Gasteiger partial charge >= 0.3 is 5.97 Å². The zero-order valence-corrected chi connectivity index (χ0v) is 11.8. The van der Waals surface area contributed by atoms with Gasteiger partial charge in [0, 0.05) is 6.21 Å². The van der Waals surface area contributed by atoms with Crippen molar-refractivity contribution in [2.24, 2.45) is 10.2 Å². The van der Waals surface area contributed by atoms with Crippen LogP contribution in [0.1, 0.15) is 12.0 Å².